The predicted octanol–water partition coefficient (Wildman–Crippen LogP) is 4.55. The van der Waals surface area contributed by atoms with Gasteiger partial charge >= 0.3 is 7.82 Å². The lowest BCUT2D eigenvalue weighted by atomic mass is 9.88. The third-order valence-corrected chi connectivity index (χ3v) is 4.68. The molecule has 1 aromatic rings. The lowest BCUT2D eigenvalue weighted by Gasteiger charge is -2.24. The van der Waals surface area contributed by atoms with Crippen LogP contribution in [0.1, 0.15) is 81.0 Å². The predicted molar refractivity (Wildman–Crippen MR) is 100 cm³/mol. The molecule has 0 amide bonds. The molecule has 1 rings (SSSR count). The molecule has 7 heteroatoms. The lowest BCUT2D eigenvalue weighted by molar-refractivity contribution is 0.0534. The molecule has 0 fully saturated rings. The van der Waals surface area contributed by atoms with Crippen molar-refractivity contribution in [3.8, 4) is 0 Å². The average Bonchev–Trinajstić information content (AvgIpc) is 2.47. The van der Waals surface area contributed by atoms with Crippen LogP contribution in [0.4, 0.5) is 0 Å². The molecule has 0 atom stereocenters. The summed E-state index contributed by atoms with van der Waals surface area (Å²) >= 11 is 0. The van der Waals surface area contributed by atoms with Crippen molar-refractivity contribution in [3.05, 3.63) is 35.4 Å². The lowest BCUT2D eigenvalue weighted by Crippen LogP contribution is -2.24. The summed E-state index contributed by atoms with van der Waals surface area (Å²) in [6, 6.07) is 6.53. The maximum Gasteiger partial charge on any atom is 0.470 e. The molecule has 146 valence electrons. The van der Waals surface area contributed by atoms with Crippen molar-refractivity contribution in [1.82, 2.24) is 0 Å². The third-order valence-electron chi connectivity index (χ3n) is 3.95. The van der Waals surface area contributed by atoms with Crippen LogP contribution < -0.4 is 0 Å². The van der Waals surface area contributed by atoms with Gasteiger partial charge in [-0.05, 0) is 32.1 Å². The monoisotopic (exact) mass is 384 g/mol. The van der Waals surface area contributed by atoms with Crippen LogP contribution in [0.15, 0.2) is 24.3 Å². The minimum absolute atomic E-state index is 0.0510. The maximum absolute atomic E-state index is 12.3. The van der Waals surface area contributed by atoms with Gasteiger partial charge in [0.15, 0.2) is 11.6 Å². The van der Waals surface area contributed by atoms with E-state index in [1.54, 1.807) is 24.3 Å². The molecule has 0 radical (unpaired) electrons. The Bertz CT molecular complexity index is 679. The molecule has 0 saturated carbocycles. The number of phosphoric ester groups is 1. The Hall–Kier alpha value is -1.33. The second-order valence-electron chi connectivity index (χ2n) is 8.33. The van der Waals surface area contributed by atoms with Crippen LogP contribution in [-0.2, 0) is 9.09 Å². The van der Waals surface area contributed by atoms with Crippen LogP contribution in [0.3, 0.4) is 0 Å². The second-order valence-corrected chi connectivity index (χ2v) is 9.49. The van der Waals surface area contributed by atoms with Crippen molar-refractivity contribution in [2.24, 2.45) is 5.41 Å². The molecule has 0 unspecified atom stereocenters. The molecule has 6 nitrogen and oxygen atoms in total. The highest BCUT2D eigenvalue weighted by atomic mass is 31.2. The van der Waals surface area contributed by atoms with Crippen molar-refractivity contribution in [2.75, 3.05) is 0 Å². The van der Waals surface area contributed by atoms with Crippen molar-refractivity contribution in [1.29, 1.82) is 0 Å². The van der Waals surface area contributed by atoms with E-state index in [9.17, 15) is 14.2 Å². The molecule has 0 spiro atoms. The van der Waals surface area contributed by atoms with Crippen LogP contribution in [-0.4, -0.2) is 27.0 Å². The Kier molecular flexibility index (Phi) is 7.49. The fourth-order valence-corrected chi connectivity index (χ4v) is 3.14. The highest BCUT2D eigenvalue weighted by Crippen LogP contribution is 2.42. The number of ketones is 2. The fourth-order valence-electron chi connectivity index (χ4n) is 2.40. The quantitative estimate of drug-likeness (QED) is 0.479. The first-order valence-corrected chi connectivity index (χ1v) is 10.1. The number of hydrogen-bond acceptors (Lipinski definition) is 4. The number of hydrogen-bond donors (Lipinski definition) is 2. The zero-order valence-electron chi connectivity index (χ0n) is 16.1. The van der Waals surface area contributed by atoms with Crippen molar-refractivity contribution in [3.63, 3.8) is 0 Å². The zero-order chi connectivity index (χ0) is 20.2. The zero-order valence-corrected chi connectivity index (χ0v) is 17.0. The molecule has 0 aliphatic rings. The summed E-state index contributed by atoms with van der Waals surface area (Å²) in [5.41, 5.74) is 0.0192. The summed E-state index contributed by atoms with van der Waals surface area (Å²) < 4.78 is 15.6. The topological polar surface area (TPSA) is 101 Å². The Labute approximate surface area is 155 Å². The Morgan fingerprint density at radius 2 is 1.27 bits per heavy atom. The van der Waals surface area contributed by atoms with Crippen LogP contribution in [0.2, 0.25) is 0 Å². The minimum atomic E-state index is -4.60. The van der Waals surface area contributed by atoms with Gasteiger partial charge in [-0.15, -0.1) is 0 Å². The third kappa shape index (κ3) is 8.86. The van der Waals surface area contributed by atoms with Gasteiger partial charge < -0.3 is 9.79 Å². The van der Waals surface area contributed by atoms with E-state index in [0.29, 0.717) is 17.5 Å². The summed E-state index contributed by atoms with van der Waals surface area (Å²) in [6.45, 7) is 9.30. The minimum Gasteiger partial charge on any atom is -0.303 e. The first kappa shape index (κ1) is 22.7. The van der Waals surface area contributed by atoms with Gasteiger partial charge in [0.1, 0.15) is 0 Å². The average molecular weight is 384 g/mol. The standard InChI is InChI=1S/C19H29O6P/c1-18(2,3)12-10-16(20)14-6-8-15(9-7-14)17(21)11-13-19(4,5)25-26(22,23)24/h6-9H,10-13H2,1-5H3,(H2,22,23,24). The molecule has 26 heavy (non-hydrogen) atoms. The molecule has 0 aliphatic carbocycles. The molecule has 2 N–H and O–H groups in total. The Balaban J connectivity index is 2.64. The van der Waals surface area contributed by atoms with E-state index in [-0.39, 0.29) is 29.8 Å². The summed E-state index contributed by atoms with van der Waals surface area (Å²) in [4.78, 5) is 42.2. The highest BCUT2D eigenvalue weighted by molar-refractivity contribution is 7.46. The summed E-state index contributed by atoms with van der Waals surface area (Å²) in [5.74, 6) is -0.115. The maximum atomic E-state index is 12.3. The molecule has 1 aromatic carbocycles. The van der Waals surface area contributed by atoms with Crippen molar-refractivity contribution >= 4 is 19.4 Å². The number of phosphoric acid groups is 1. The van der Waals surface area contributed by atoms with E-state index in [1.165, 1.54) is 13.8 Å². The largest absolute Gasteiger partial charge is 0.470 e. The van der Waals surface area contributed by atoms with Crippen LogP contribution in [0.25, 0.3) is 0 Å². The summed E-state index contributed by atoms with van der Waals surface area (Å²) in [7, 11) is -4.60. The van der Waals surface area contributed by atoms with Crippen LogP contribution >= 0.6 is 7.82 Å². The van der Waals surface area contributed by atoms with Gasteiger partial charge in [-0.1, -0.05) is 45.0 Å². The number of benzene rings is 1. The molecule has 0 heterocycles. The molecule has 0 bridgehead atoms. The number of Topliss-reactive ketones (excluding diaryl/α,β-unsaturated/α-hetero) is 2. The van der Waals surface area contributed by atoms with Gasteiger partial charge in [-0.25, -0.2) is 4.57 Å². The number of rotatable bonds is 9. The van der Waals surface area contributed by atoms with E-state index < -0.39 is 13.4 Å². The van der Waals surface area contributed by atoms with Crippen molar-refractivity contribution < 1.29 is 28.5 Å². The van der Waals surface area contributed by atoms with Gasteiger partial charge in [0.05, 0.1) is 5.60 Å². The Morgan fingerprint density at radius 1 is 0.885 bits per heavy atom. The van der Waals surface area contributed by atoms with E-state index in [2.05, 4.69) is 25.3 Å². The molecular weight excluding hydrogens is 355 g/mol. The van der Waals surface area contributed by atoms with E-state index >= 15 is 0 Å². The SMILES string of the molecule is CC(C)(C)CCC(=O)c1ccc(C(=O)CCC(C)(C)OP(=O)(O)O)cc1. The van der Waals surface area contributed by atoms with Crippen LogP contribution in [0.5, 0.6) is 0 Å². The number of carbonyl (C=O) groups excluding carboxylic acids is 2. The van der Waals surface area contributed by atoms with Crippen LogP contribution in [0, 0.1) is 5.41 Å². The molecule has 0 aromatic heterocycles. The smallest absolute Gasteiger partial charge is 0.303 e. The summed E-state index contributed by atoms with van der Waals surface area (Å²) in [6.07, 6.45) is 1.51. The Morgan fingerprint density at radius 3 is 1.62 bits per heavy atom. The molecule has 0 aliphatic heterocycles. The van der Waals surface area contributed by atoms with Gasteiger partial charge in [0, 0.05) is 24.0 Å². The normalized spacial score (nSPS) is 12.9. The highest BCUT2D eigenvalue weighted by Gasteiger charge is 2.29. The van der Waals surface area contributed by atoms with Gasteiger partial charge in [-0.3, -0.25) is 14.1 Å². The van der Waals surface area contributed by atoms with Crippen molar-refractivity contribution in [2.45, 2.75) is 65.9 Å². The van der Waals surface area contributed by atoms with Gasteiger partial charge in [0.25, 0.3) is 0 Å². The number of carbonyl (C=O) groups is 2. The fraction of sp³-hybridized carbons (Fsp3) is 0.579. The van der Waals surface area contributed by atoms with Gasteiger partial charge in [0.2, 0.25) is 0 Å². The summed E-state index contributed by atoms with van der Waals surface area (Å²) in [5, 5.41) is 0. The van der Waals surface area contributed by atoms with Gasteiger partial charge in [-0.2, -0.15) is 0 Å². The molecular formula is C19H29O6P. The second kappa shape index (κ2) is 8.57. The first-order valence-electron chi connectivity index (χ1n) is 8.61. The molecule has 0 saturated heterocycles. The van der Waals surface area contributed by atoms with E-state index in [4.69, 9.17) is 9.79 Å². The first-order chi connectivity index (χ1) is 11.7. The van der Waals surface area contributed by atoms with E-state index in [0.717, 1.165) is 6.42 Å². The van der Waals surface area contributed by atoms with E-state index in [1.807, 2.05) is 0 Å².